The fourth-order valence-electron chi connectivity index (χ4n) is 1.90. The van der Waals surface area contributed by atoms with E-state index in [9.17, 15) is 0 Å². The van der Waals surface area contributed by atoms with E-state index >= 15 is 0 Å². The summed E-state index contributed by atoms with van der Waals surface area (Å²) in [6.45, 7) is 0. The van der Waals surface area contributed by atoms with Gasteiger partial charge in [0.05, 0.1) is 12.2 Å². The van der Waals surface area contributed by atoms with Gasteiger partial charge in [0.1, 0.15) is 5.82 Å². The van der Waals surface area contributed by atoms with Crippen molar-refractivity contribution in [3.8, 4) is 0 Å². The molecule has 0 bridgehead atoms. The van der Waals surface area contributed by atoms with Crippen molar-refractivity contribution in [1.29, 1.82) is 0 Å². The topological polar surface area (TPSA) is 81.9 Å². The van der Waals surface area contributed by atoms with Gasteiger partial charge >= 0.3 is 0 Å². The molecular formula is C12H15Cl2N5. The molecule has 7 heteroatoms. The number of anilines is 1. The lowest BCUT2D eigenvalue weighted by Crippen LogP contribution is -2.30. The average Bonchev–Trinajstić information content (AvgIpc) is 2.70. The minimum absolute atomic E-state index is 0.160. The summed E-state index contributed by atoms with van der Waals surface area (Å²) in [6.07, 6.45) is 2.30. The molecule has 0 spiro atoms. The first-order chi connectivity index (χ1) is 9.02. The third-order valence-electron chi connectivity index (χ3n) is 3.03. The highest BCUT2D eigenvalue weighted by molar-refractivity contribution is 6.35. The molecule has 0 saturated heterocycles. The monoisotopic (exact) mass is 299 g/mol. The van der Waals surface area contributed by atoms with E-state index in [4.69, 9.17) is 34.8 Å². The van der Waals surface area contributed by atoms with E-state index in [0.29, 0.717) is 22.3 Å². The van der Waals surface area contributed by atoms with Gasteiger partial charge in [-0.3, -0.25) is 16.0 Å². The molecule has 0 amide bonds. The largest absolute Gasteiger partial charge is 0.384 e. The lowest BCUT2D eigenvalue weighted by Gasteiger charge is -2.16. The van der Waals surface area contributed by atoms with Crippen LogP contribution in [0, 0.1) is 0 Å². The van der Waals surface area contributed by atoms with Crippen molar-refractivity contribution in [2.24, 2.45) is 12.9 Å². The number of nitrogen functional groups attached to an aromatic ring is 1. The van der Waals surface area contributed by atoms with Crippen molar-refractivity contribution in [3.05, 3.63) is 45.6 Å². The van der Waals surface area contributed by atoms with E-state index in [1.165, 1.54) is 0 Å². The Labute approximate surface area is 121 Å². The first-order valence-corrected chi connectivity index (χ1v) is 6.46. The number of nitrogens with two attached hydrogens (primary N) is 2. The standard InChI is InChI=1S/C12H15Cl2N5/c1-19-12(15)9(6-17-19)11(18-16)4-7-2-3-8(13)5-10(7)14/h2-3,5-6,11,18H,4,15-16H2,1H3. The van der Waals surface area contributed by atoms with Crippen molar-refractivity contribution in [3.63, 3.8) is 0 Å². The lowest BCUT2D eigenvalue weighted by molar-refractivity contribution is 0.553. The molecule has 0 aliphatic rings. The van der Waals surface area contributed by atoms with Crippen LogP contribution in [0.5, 0.6) is 0 Å². The summed E-state index contributed by atoms with van der Waals surface area (Å²) < 4.78 is 1.60. The molecule has 1 atom stereocenters. The molecule has 0 radical (unpaired) electrons. The summed E-state index contributed by atoms with van der Waals surface area (Å²) in [5, 5.41) is 5.32. The Morgan fingerprint density at radius 3 is 2.68 bits per heavy atom. The Morgan fingerprint density at radius 2 is 2.16 bits per heavy atom. The summed E-state index contributed by atoms with van der Waals surface area (Å²) in [7, 11) is 1.78. The van der Waals surface area contributed by atoms with Crippen molar-refractivity contribution >= 4 is 29.0 Å². The van der Waals surface area contributed by atoms with Crippen molar-refractivity contribution in [2.45, 2.75) is 12.5 Å². The molecule has 0 aliphatic carbocycles. The Hall–Kier alpha value is -1.27. The highest BCUT2D eigenvalue weighted by Crippen LogP contribution is 2.27. The maximum atomic E-state index is 6.16. The van der Waals surface area contributed by atoms with Gasteiger partial charge in [0.25, 0.3) is 0 Å². The van der Waals surface area contributed by atoms with Gasteiger partial charge in [0.15, 0.2) is 0 Å². The molecular weight excluding hydrogens is 285 g/mol. The van der Waals surface area contributed by atoms with Crippen LogP contribution in [0.25, 0.3) is 0 Å². The number of hydrazine groups is 1. The average molecular weight is 300 g/mol. The van der Waals surface area contributed by atoms with Gasteiger partial charge in [-0.25, -0.2) is 0 Å². The number of hydrogen-bond acceptors (Lipinski definition) is 4. The van der Waals surface area contributed by atoms with Crippen LogP contribution >= 0.6 is 23.2 Å². The molecule has 5 nitrogen and oxygen atoms in total. The van der Waals surface area contributed by atoms with E-state index in [1.54, 1.807) is 30.1 Å². The second kappa shape index (κ2) is 5.79. The fraction of sp³-hybridized carbons (Fsp3) is 0.250. The number of benzene rings is 1. The van der Waals surface area contributed by atoms with Crippen molar-refractivity contribution in [1.82, 2.24) is 15.2 Å². The van der Waals surface area contributed by atoms with E-state index in [-0.39, 0.29) is 6.04 Å². The van der Waals surface area contributed by atoms with Gasteiger partial charge in [-0.2, -0.15) is 5.10 Å². The minimum Gasteiger partial charge on any atom is -0.384 e. The predicted molar refractivity (Wildman–Crippen MR) is 77.9 cm³/mol. The smallest absolute Gasteiger partial charge is 0.126 e. The van der Waals surface area contributed by atoms with Crippen LogP contribution in [0.3, 0.4) is 0 Å². The molecule has 1 heterocycles. The Kier molecular flexibility index (Phi) is 4.31. The maximum absolute atomic E-state index is 6.16. The number of hydrogen-bond donors (Lipinski definition) is 3. The van der Waals surface area contributed by atoms with Crippen LogP contribution < -0.4 is 17.0 Å². The van der Waals surface area contributed by atoms with Gasteiger partial charge in [-0.1, -0.05) is 29.3 Å². The minimum atomic E-state index is -0.160. The van der Waals surface area contributed by atoms with Gasteiger partial charge < -0.3 is 5.73 Å². The quantitative estimate of drug-likeness (QED) is 0.596. The van der Waals surface area contributed by atoms with Crippen molar-refractivity contribution in [2.75, 3.05) is 5.73 Å². The second-order valence-electron chi connectivity index (χ2n) is 4.27. The van der Waals surface area contributed by atoms with Gasteiger partial charge in [0.2, 0.25) is 0 Å². The van der Waals surface area contributed by atoms with Gasteiger partial charge in [-0.15, -0.1) is 0 Å². The Bertz CT molecular complexity index is 581. The molecule has 0 aliphatic heterocycles. The lowest BCUT2D eigenvalue weighted by atomic mass is 10.0. The van der Waals surface area contributed by atoms with Gasteiger partial charge in [-0.05, 0) is 24.1 Å². The molecule has 0 fully saturated rings. The maximum Gasteiger partial charge on any atom is 0.126 e. The zero-order valence-corrected chi connectivity index (χ0v) is 11.9. The van der Waals surface area contributed by atoms with Crippen LogP contribution in [0.15, 0.2) is 24.4 Å². The molecule has 0 saturated carbocycles. The summed E-state index contributed by atoms with van der Waals surface area (Å²) in [5.41, 5.74) is 10.5. The first-order valence-electron chi connectivity index (χ1n) is 5.70. The molecule has 102 valence electrons. The Morgan fingerprint density at radius 1 is 1.42 bits per heavy atom. The van der Waals surface area contributed by atoms with Gasteiger partial charge in [0, 0.05) is 22.7 Å². The van der Waals surface area contributed by atoms with Crippen LogP contribution in [0.4, 0.5) is 5.82 Å². The summed E-state index contributed by atoms with van der Waals surface area (Å²) in [6, 6.07) is 5.22. The molecule has 5 N–H and O–H groups in total. The number of aromatic nitrogens is 2. The molecule has 19 heavy (non-hydrogen) atoms. The van der Waals surface area contributed by atoms with Crippen molar-refractivity contribution < 1.29 is 0 Å². The predicted octanol–water partition coefficient (Wildman–Crippen LogP) is 2.06. The fourth-order valence-corrected chi connectivity index (χ4v) is 2.38. The van der Waals surface area contributed by atoms with Crippen LogP contribution in [0.2, 0.25) is 10.0 Å². The normalized spacial score (nSPS) is 12.6. The Balaban J connectivity index is 2.26. The molecule has 1 aromatic heterocycles. The highest BCUT2D eigenvalue weighted by Gasteiger charge is 2.18. The highest BCUT2D eigenvalue weighted by atomic mass is 35.5. The number of nitrogens with zero attached hydrogens (tertiary/aromatic N) is 2. The second-order valence-corrected chi connectivity index (χ2v) is 5.11. The molecule has 1 unspecified atom stereocenters. The third kappa shape index (κ3) is 3.01. The van der Waals surface area contributed by atoms with E-state index in [2.05, 4.69) is 10.5 Å². The van der Waals surface area contributed by atoms with Crippen LogP contribution in [-0.4, -0.2) is 9.78 Å². The SMILES string of the molecule is Cn1ncc(C(Cc2ccc(Cl)cc2Cl)NN)c1N. The summed E-state index contributed by atoms with van der Waals surface area (Å²) in [4.78, 5) is 0. The van der Waals surface area contributed by atoms with Crippen LogP contribution in [-0.2, 0) is 13.5 Å². The van der Waals surface area contributed by atoms with E-state index in [1.807, 2.05) is 6.07 Å². The number of halogens is 2. The zero-order valence-electron chi connectivity index (χ0n) is 10.4. The summed E-state index contributed by atoms with van der Waals surface area (Å²) in [5.74, 6) is 6.18. The molecule has 2 aromatic rings. The molecule has 1 aromatic carbocycles. The summed E-state index contributed by atoms with van der Waals surface area (Å²) >= 11 is 12.0. The number of rotatable bonds is 4. The van der Waals surface area contributed by atoms with E-state index in [0.717, 1.165) is 11.1 Å². The zero-order chi connectivity index (χ0) is 14.0. The number of aryl methyl sites for hydroxylation is 1. The third-order valence-corrected chi connectivity index (χ3v) is 3.62. The van der Waals surface area contributed by atoms with E-state index < -0.39 is 0 Å². The first kappa shape index (κ1) is 14.1. The van der Waals surface area contributed by atoms with Crippen LogP contribution in [0.1, 0.15) is 17.2 Å². The number of nitrogens with one attached hydrogen (secondary N) is 1. The molecule has 2 rings (SSSR count).